The summed E-state index contributed by atoms with van der Waals surface area (Å²) in [5, 5.41) is 16.0. The van der Waals surface area contributed by atoms with Gasteiger partial charge in [-0.05, 0) is 179 Å². The second kappa shape index (κ2) is 30.7. The Kier molecular flexibility index (Phi) is 22.9. The molecule has 2 aliphatic carbocycles. The van der Waals surface area contributed by atoms with Gasteiger partial charge in [-0.25, -0.2) is 28.3 Å². The van der Waals surface area contributed by atoms with Gasteiger partial charge in [0.2, 0.25) is 35.2 Å². The summed E-state index contributed by atoms with van der Waals surface area (Å²) >= 11 is 2.30. The van der Waals surface area contributed by atoms with Gasteiger partial charge in [0.25, 0.3) is 11.8 Å². The van der Waals surface area contributed by atoms with Crippen molar-refractivity contribution in [1.82, 2.24) is 50.8 Å². The number of hydrogen-bond acceptors (Lipinski definition) is 16. The third-order valence-corrected chi connectivity index (χ3v) is 20.1. The van der Waals surface area contributed by atoms with Gasteiger partial charge >= 0.3 is 12.2 Å². The van der Waals surface area contributed by atoms with Gasteiger partial charge in [-0.3, -0.25) is 48.2 Å². The highest BCUT2D eigenvalue weighted by molar-refractivity contribution is 7.10. The van der Waals surface area contributed by atoms with Crippen molar-refractivity contribution < 1.29 is 66.2 Å². The SMILES string of the molecule is C[C@@H](C(=O)N[C@H](C(=O)N1C[C@@H](NC(=O)c2ccc(C(=O)N[C@H]3C[C@@H](c4nc(C(=O)c5ccc(F)cc5)cs4)N(C(=O)[C@@H](NC(=O)[C@H](C)N(C)C(=O)OC(C)(C)C)C4CCCCC4)C3)cc2)C[C@H]1c1nc(C(=O)c2ccc(F)cc2)cs1)C1CCCCC1)N(C)C(=O)OC(C)(C)C. The van der Waals surface area contributed by atoms with E-state index >= 15 is 9.59 Å². The Morgan fingerprint density at radius 2 is 0.833 bits per heavy atom. The number of benzene rings is 3. The predicted molar refractivity (Wildman–Crippen MR) is 355 cm³/mol. The number of rotatable bonds is 20. The maximum atomic E-state index is 15.3. The molecule has 26 heteroatoms. The van der Waals surface area contributed by atoms with Crippen molar-refractivity contribution in [3.05, 3.63) is 139 Å². The normalized spacial score (nSPS) is 19.8. The molecule has 4 aliphatic rings. The molecule has 2 aliphatic heterocycles. The standard InChI is InChI=1S/C70H86F2N10O12S2/c1-39(79(9)67(91)93-69(3,4)5)59(85)77-55(41-17-13-11-14-18-41)65(89)81-35-49(33-53(81)63-75-51(37-95-63)57(83)43-25-29-47(71)30-26-43)73-61(87)45-21-23-46(24-22-45)62(88)74-50-34-54(64-76-52(38-96-64)58(84)44-27-31-48(72)32-28-44)82(36-50)66(90)56(42-19-15-12-16-20-42)78-60(86)40(2)80(10)68(92)94-70(6,7)8/h21-32,37-42,49-50,53-56H,11-20,33-36H2,1-10H3,(H,73,87)(H,74,88)(H,77,85)(H,78,86)/t39-,40-,49-,50-,53-,54-,55-,56-/m0/s1. The van der Waals surface area contributed by atoms with E-state index in [1.165, 1.54) is 96.7 Å². The quantitative estimate of drug-likeness (QED) is 0.0528. The molecule has 3 aromatic carbocycles. The lowest BCUT2D eigenvalue weighted by molar-refractivity contribution is -0.140. The average Bonchev–Trinajstić information content (AvgIpc) is 1.64. The predicted octanol–water partition coefficient (Wildman–Crippen LogP) is 10.1. The van der Waals surface area contributed by atoms with Crippen LogP contribution in [0.3, 0.4) is 0 Å². The molecule has 514 valence electrons. The van der Waals surface area contributed by atoms with E-state index < -0.39 is 130 Å². The first kappa shape index (κ1) is 71.8. The van der Waals surface area contributed by atoms with Gasteiger partial charge in [-0.1, -0.05) is 38.5 Å². The summed E-state index contributed by atoms with van der Waals surface area (Å²) in [6.45, 7) is 13.3. The molecule has 8 amide bonds. The lowest BCUT2D eigenvalue weighted by Gasteiger charge is -2.36. The zero-order valence-electron chi connectivity index (χ0n) is 55.9. The minimum absolute atomic E-state index is 0.0177. The lowest BCUT2D eigenvalue weighted by atomic mass is 9.83. The molecule has 22 nitrogen and oxygen atoms in total. The molecule has 2 saturated heterocycles. The zero-order chi connectivity index (χ0) is 69.5. The van der Waals surface area contributed by atoms with Crippen LogP contribution in [-0.2, 0) is 28.7 Å². The molecule has 0 radical (unpaired) electrons. The van der Waals surface area contributed by atoms with Crippen LogP contribution in [0.15, 0.2) is 83.6 Å². The van der Waals surface area contributed by atoms with Crippen LogP contribution in [0.25, 0.3) is 0 Å². The molecule has 0 bridgehead atoms. The summed E-state index contributed by atoms with van der Waals surface area (Å²) in [5.41, 5.74) is -0.734. The zero-order valence-corrected chi connectivity index (χ0v) is 57.5. The van der Waals surface area contributed by atoms with Gasteiger partial charge in [0, 0.05) is 72.3 Å². The molecule has 4 fully saturated rings. The second-order valence-corrected chi connectivity index (χ2v) is 29.3. The molecule has 96 heavy (non-hydrogen) atoms. The van der Waals surface area contributed by atoms with Crippen molar-refractivity contribution in [2.75, 3.05) is 27.2 Å². The number of likely N-dealkylation sites (tertiary alicyclic amines) is 2. The van der Waals surface area contributed by atoms with E-state index in [0.717, 1.165) is 61.2 Å². The largest absolute Gasteiger partial charge is 0.444 e. The third-order valence-electron chi connectivity index (χ3n) is 18.2. The molecular weight excluding hydrogens is 1270 g/mol. The Hall–Kier alpha value is -8.52. The molecule has 2 aromatic heterocycles. The number of thiazole rings is 2. The maximum Gasteiger partial charge on any atom is 0.410 e. The number of hydrogen-bond donors (Lipinski definition) is 4. The molecule has 5 aromatic rings. The summed E-state index contributed by atoms with van der Waals surface area (Å²) < 4.78 is 38.8. The van der Waals surface area contributed by atoms with Crippen LogP contribution in [0.1, 0.15) is 207 Å². The molecule has 4 heterocycles. The molecule has 0 unspecified atom stereocenters. The molecule has 0 spiro atoms. The topological polar surface area (TPSA) is 276 Å². The number of amides is 8. The highest BCUT2D eigenvalue weighted by Crippen LogP contribution is 2.40. The van der Waals surface area contributed by atoms with Crippen LogP contribution in [-0.4, -0.2) is 163 Å². The Morgan fingerprint density at radius 3 is 1.16 bits per heavy atom. The molecule has 4 N–H and O–H groups in total. The highest BCUT2D eigenvalue weighted by atomic mass is 32.1. The number of carbonyl (C=O) groups is 10. The van der Waals surface area contributed by atoms with E-state index in [9.17, 15) is 47.1 Å². The fraction of sp³-hybridized carbons (Fsp3) is 0.514. The maximum absolute atomic E-state index is 15.3. The van der Waals surface area contributed by atoms with Crippen molar-refractivity contribution in [1.29, 1.82) is 0 Å². The fourth-order valence-electron chi connectivity index (χ4n) is 12.7. The first-order valence-electron chi connectivity index (χ1n) is 32.8. The van der Waals surface area contributed by atoms with Crippen molar-refractivity contribution in [2.45, 2.75) is 192 Å². The average molecular weight is 1360 g/mol. The molecule has 9 rings (SSSR count). The van der Waals surface area contributed by atoms with Gasteiger partial charge < -0.3 is 40.5 Å². The van der Waals surface area contributed by atoms with E-state index in [4.69, 9.17) is 19.4 Å². The number of halogens is 2. The van der Waals surface area contributed by atoms with Crippen LogP contribution in [0.2, 0.25) is 0 Å². The summed E-state index contributed by atoms with van der Waals surface area (Å²) in [6.07, 6.45) is 6.66. The van der Waals surface area contributed by atoms with Crippen LogP contribution >= 0.6 is 22.7 Å². The van der Waals surface area contributed by atoms with Crippen LogP contribution in [0.4, 0.5) is 18.4 Å². The summed E-state index contributed by atoms with van der Waals surface area (Å²) in [5.74, 6) is -5.54. The van der Waals surface area contributed by atoms with Gasteiger partial charge in [-0.2, -0.15) is 0 Å². The van der Waals surface area contributed by atoms with E-state index in [0.29, 0.717) is 35.7 Å². The molecular formula is C70H86F2N10O12S2. The number of carbonyl (C=O) groups excluding carboxylic acids is 10. The third kappa shape index (κ3) is 17.7. The van der Waals surface area contributed by atoms with E-state index in [1.807, 2.05) is 0 Å². The summed E-state index contributed by atoms with van der Waals surface area (Å²) in [4.78, 5) is 156. The number of aromatic nitrogens is 2. The Bertz CT molecular complexity index is 3440. The second-order valence-electron chi connectivity index (χ2n) is 27.5. The van der Waals surface area contributed by atoms with E-state index in [-0.39, 0.29) is 71.4 Å². The van der Waals surface area contributed by atoms with Crippen molar-refractivity contribution >= 4 is 81.9 Å². The Balaban J connectivity index is 0.932. The van der Waals surface area contributed by atoms with Crippen LogP contribution in [0.5, 0.6) is 0 Å². The van der Waals surface area contributed by atoms with Crippen molar-refractivity contribution in [2.24, 2.45) is 11.8 Å². The van der Waals surface area contributed by atoms with Crippen LogP contribution < -0.4 is 21.3 Å². The van der Waals surface area contributed by atoms with Crippen molar-refractivity contribution in [3.8, 4) is 0 Å². The fourth-order valence-corrected chi connectivity index (χ4v) is 14.5. The minimum Gasteiger partial charge on any atom is -0.444 e. The van der Waals surface area contributed by atoms with Gasteiger partial charge in [0.05, 0.1) is 12.1 Å². The molecule has 8 atom stereocenters. The molecule has 2 saturated carbocycles. The first-order chi connectivity index (χ1) is 45.4. The number of ketones is 2. The van der Waals surface area contributed by atoms with E-state index in [1.54, 1.807) is 75.9 Å². The number of likely N-dealkylation sites (N-methyl/N-ethyl adjacent to an activating group) is 2. The minimum atomic E-state index is -1.03. The smallest absolute Gasteiger partial charge is 0.410 e. The van der Waals surface area contributed by atoms with Gasteiger partial charge in [0.1, 0.15) is 68.4 Å². The summed E-state index contributed by atoms with van der Waals surface area (Å²) in [6, 6.07) is 9.02. The number of ether oxygens (including phenoxy) is 2. The number of nitrogens with one attached hydrogen (secondary N) is 4. The highest BCUT2D eigenvalue weighted by Gasteiger charge is 2.47. The van der Waals surface area contributed by atoms with E-state index in [2.05, 4.69) is 21.3 Å². The number of nitrogens with zero attached hydrogens (tertiary/aromatic N) is 6. The lowest BCUT2D eigenvalue weighted by Crippen LogP contribution is -2.57. The Morgan fingerprint density at radius 1 is 0.510 bits per heavy atom. The summed E-state index contributed by atoms with van der Waals surface area (Å²) in [7, 11) is 2.90. The Labute approximate surface area is 566 Å². The van der Waals surface area contributed by atoms with Crippen LogP contribution in [0, 0.1) is 23.5 Å². The first-order valence-corrected chi connectivity index (χ1v) is 34.6. The van der Waals surface area contributed by atoms with Gasteiger partial charge in [-0.15, -0.1) is 22.7 Å². The monoisotopic (exact) mass is 1360 g/mol. The van der Waals surface area contributed by atoms with Gasteiger partial charge in [0.15, 0.2) is 0 Å². The van der Waals surface area contributed by atoms with Crippen molar-refractivity contribution in [3.63, 3.8) is 0 Å².